The summed E-state index contributed by atoms with van der Waals surface area (Å²) in [5.41, 5.74) is 0.906. The van der Waals surface area contributed by atoms with Gasteiger partial charge < -0.3 is 11.2 Å². The summed E-state index contributed by atoms with van der Waals surface area (Å²) in [6.45, 7) is 2.15. The summed E-state index contributed by atoms with van der Waals surface area (Å²) in [5, 5.41) is 12.0. The minimum Gasteiger partial charge on any atom is -0.353 e. The standard InChI is InChI=1S/C19H25N5OS/c1-12(16-10-13-7-8-15(16)9-13)21-17(25)11-26-19-23-22-18(24(19)20)14-5-3-2-4-6-14/h2-6,12-13,15-16H,7-11,20H2,1H3,(H,21,25). The van der Waals surface area contributed by atoms with Gasteiger partial charge in [-0.3, -0.25) is 4.79 Å². The Balaban J connectivity index is 1.31. The first-order valence-electron chi connectivity index (χ1n) is 9.30. The normalized spacial score (nSPS) is 25.3. The molecule has 1 aromatic heterocycles. The molecule has 2 aliphatic carbocycles. The van der Waals surface area contributed by atoms with E-state index in [1.807, 2.05) is 30.3 Å². The minimum atomic E-state index is 0.0366. The van der Waals surface area contributed by atoms with E-state index in [1.165, 1.54) is 42.1 Å². The molecule has 0 radical (unpaired) electrons. The number of hydrogen-bond acceptors (Lipinski definition) is 5. The maximum atomic E-state index is 12.3. The molecule has 2 saturated carbocycles. The lowest BCUT2D eigenvalue weighted by atomic mass is 9.84. The van der Waals surface area contributed by atoms with Gasteiger partial charge in [0.25, 0.3) is 0 Å². The van der Waals surface area contributed by atoms with Crippen LogP contribution in [0.1, 0.15) is 32.6 Å². The Morgan fingerprint density at radius 3 is 2.81 bits per heavy atom. The maximum absolute atomic E-state index is 12.3. The third kappa shape index (κ3) is 3.45. The highest BCUT2D eigenvalue weighted by atomic mass is 32.2. The van der Waals surface area contributed by atoms with Crippen molar-refractivity contribution >= 4 is 17.7 Å². The molecule has 2 aliphatic rings. The van der Waals surface area contributed by atoms with E-state index in [0.29, 0.717) is 22.7 Å². The molecule has 4 unspecified atom stereocenters. The van der Waals surface area contributed by atoms with Crippen LogP contribution in [0.4, 0.5) is 0 Å². The predicted octanol–water partition coefficient (Wildman–Crippen LogP) is 2.69. The molecule has 138 valence electrons. The first kappa shape index (κ1) is 17.4. The van der Waals surface area contributed by atoms with E-state index >= 15 is 0 Å². The molecule has 0 saturated heterocycles. The zero-order chi connectivity index (χ0) is 18.1. The number of nitrogens with zero attached hydrogens (tertiary/aromatic N) is 3. The van der Waals surface area contributed by atoms with Crippen LogP contribution in [-0.2, 0) is 4.79 Å². The van der Waals surface area contributed by atoms with Crippen molar-refractivity contribution in [3.8, 4) is 11.4 Å². The van der Waals surface area contributed by atoms with Crippen LogP contribution in [0.3, 0.4) is 0 Å². The molecule has 3 N–H and O–H groups in total. The monoisotopic (exact) mass is 371 g/mol. The van der Waals surface area contributed by atoms with Gasteiger partial charge in [0.1, 0.15) is 0 Å². The fourth-order valence-electron chi connectivity index (χ4n) is 4.60. The van der Waals surface area contributed by atoms with Crippen molar-refractivity contribution in [3.05, 3.63) is 30.3 Å². The first-order valence-corrected chi connectivity index (χ1v) is 10.3. The number of hydrogen-bond donors (Lipinski definition) is 2. The number of thioether (sulfide) groups is 1. The fraction of sp³-hybridized carbons (Fsp3) is 0.526. The van der Waals surface area contributed by atoms with Crippen LogP contribution < -0.4 is 11.2 Å². The number of nitrogen functional groups attached to an aromatic ring is 1. The highest BCUT2D eigenvalue weighted by Crippen LogP contribution is 2.49. The van der Waals surface area contributed by atoms with Crippen molar-refractivity contribution in [2.75, 3.05) is 11.6 Å². The average Bonchev–Trinajstić information content (AvgIpc) is 3.36. The Bertz CT molecular complexity index is 777. The largest absolute Gasteiger partial charge is 0.353 e. The number of aromatic nitrogens is 3. The second-order valence-corrected chi connectivity index (χ2v) is 8.47. The van der Waals surface area contributed by atoms with E-state index in [4.69, 9.17) is 5.84 Å². The third-order valence-electron chi connectivity index (χ3n) is 5.85. The van der Waals surface area contributed by atoms with Crippen LogP contribution in [0, 0.1) is 17.8 Å². The number of amides is 1. The molecule has 26 heavy (non-hydrogen) atoms. The molecule has 1 heterocycles. The van der Waals surface area contributed by atoms with Crippen LogP contribution in [0.2, 0.25) is 0 Å². The molecule has 2 bridgehead atoms. The van der Waals surface area contributed by atoms with Crippen molar-refractivity contribution in [1.82, 2.24) is 20.2 Å². The molecule has 7 heteroatoms. The van der Waals surface area contributed by atoms with Crippen molar-refractivity contribution in [1.29, 1.82) is 0 Å². The van der Waals surface area contributed by atoms with E-state index in [-0.39, 0.29) is 11.9 Å². The van der Waals surface area contributed by atoms with Crippen LogP contribution in [0.25, 0.3) is 11.4 Å². The van der Waals surface area contributed by atoms with E-state index in [9.17, 15) is 4.79 Å². The van der Waals surface area contributed by atoms with Gasteiger partial charge >= 0.3 is 0 Å². The molecule has 4 rings (SSSR count). The van der Waals surface area contributed by atoms with Crippen LogP contribution >= 0.6 is 11.8 Å². The topological polar surface area (TPSA) is 85.8 Å². The van der Waals surface area contributed by atoms with Gasteiger partial charge in [-0.25, -0.2) is 4.68 Å². The molecule has 0 aliphatic heterocycles. The Morgan fingerprint density at radius 1 is 1.31 bits per heavy atom. The Morgan fingerprint density at radius 2 is 2.12 bits per heavy atom. The SMILES string of the molecule is CC(NC(=O)CSc1nnc(-c2ccccc2)n1N)C1CC2CCC1C2. The molecular formula is C19H25N5OS. The van der Waals surface area contributed by atoms with Crippen LogP contribution in [0.5, 0.6) is 0 Å². The van der Waals surface area contributed by atoms with Crippen LogP contribution in [0.15, 0.2) is 35.5 Å². The van der Waals surface area contributed by atoms with Crippen molar-refractivity contribution < 1.29 is 4.79 Å². The van der Waals surface area contributed by atoms with Gasteiger partial charge in [-0.15, -0.1) is 10.2 Å². The summed E-state index contributed by atoms with van der Waals surface area (Å²) in [4.78, 5) is 12.3. The molecule has 0 spiro atoms. The summed E-state index contributed by atoms with van der Waals surface area (Å²) in [7, 11) is 0. The fourth-order valence-corrected chi connectivity index (χ4v) is 5.27. The Labute approximate surface area is 157 Å². The van der Waals surface area contributed by atoms with E-state index in [2.05, 4.69) is 22.4 Å². The van der Waals surface area contributed by atoms with Crippen molar-refractivity contribution in [3.63, 3.8) is 0 Å². The Hall–Kier alpha value is -2.02. The number of rotatable bonds is 6. The number of carbonyl (C=O) groups excluding carboxylic acids is 1. The van der Waals surface area contributed by atoms with E-state index in [0.717, 1.165) is 17.4 Å². The van der Waals surface area contributed by atoms with E-state index < -0.39 is 0 Å². The number of benzene rings is 1. The van der Waals surface area contributed by atoms with Crippen LogP contribution in [-0.4, -0.2) is 32.6 Å². The zero-order valence-corrected chi connectivity index (χ0v) is 15.8. The van der Waals surface area contributed by atoms with Gasteiger partial charge in [0, 0.05) is 11.6 Å². The van der Waals surface area contributed by atoms with Gasteiger partial charge in [0.15, 0.2) is 5.82 Å². The number of carbonyl (C=O) groups is 1. The molecular weight excluding hydrogens is 346 g/mol. The molecule has 2 aromatic rings. The summed E-state index contributed by atoms with van der Waals surface area (Å²) >= 11 is 1.32. The average molecular weight is 372 g/mol. The summed E-state index contributed by atoms with van der Waals surface area (Å²) in [5.74, 6) is 9.39. The van der Waals surface area contributed by atoms with Gasteiger partial charge in [-0.2, -0.15) is 0 Å². The highest BCUT2D eigenvalue weighted by Gasteiger charge is 2.42. The van der Waals surface area contributed by atoms with E-state index in [1.54, 1.807) is 0 Å². The molecule has 6 nitrogen and oxygen atoms in total. The molecule has 4 atom stereocenters. The first-order chi connectivity index (χ1) is 12.6. The van der Waals surface area contributed by atoms with Crippen molar-refractivity contribution in [2.45, 2.75) is 43.8 Å². The van der Waals surface area contributed by atoms with Gasteiger partial charge in [0.2, 0.25) is 11.1 Å². The van der Waals surface area contributed by atoms with Gasteiger partial charge in [0.05, 0.1) is 5.75 Å². The lowest BCUT2D eigenvalue weighted by Gasteiger charge is -2.28. The molecule has 2 fully saturated rings. The molecule has 1 amide bonds. The summed E-state index contributed by atoms with van der Waals surface area (Å²) in [6, 6.07) is 9.92. The number of nitrogens with one attached hydrogen (secondary N) is 1. The lowest BCUT2D eigenvalue weighted by Crippen LogP contribution is -2.41. The number of fused-ring (bicyclic) bond motifs is 2. The maximum Gasteiger partial charge on any atom is 0.230 e. The summed E-state index contributed by atoms with van der Waals surface area (Å²) < 4.78 is 1.45. The second-order valence-electron chi connectivity index (χ2n) is 7.53. The third-order valence-corrected chi connectivity index (χ3v) is 6.80. The summed E-state index contributed by atoms with van der Waals surface area (Å²) in [6.07, 6.45) is 5.35. The van der Waals surface area contributed by atoms with Gasteiger partial charge in [-0.05, 0) is 43.9 Å². The Kier molecular flexibility index (Phi) is 4.89. The lowest BCUT2D eigenvalue weighted by molar-refractivity contribution is -0.119. The quantitative estimate of drug-likeness (QED) is 0.602. The van der Waals surface area contributed by atoms with Crippen molar-refractivity contribution in [2.24, 2.45) is 17.8 Å². The zero-order valence-electron chi connectivity index (χ0n) is 15.0. The molecule has 1 aromatic carbocycles. The predicted molar refractivity (Wildman–Crippen MR) is 103 cm³/mol. The highest BCUT2D eigenvalue weighted by molar-refractivity contribution is 7.99. The minimum absolute atomic E-state index is 0.0366. The van der Waals surface area contributed by atoms with Gasteiger partial charge in [-0.1, -0.05) is 48.5 Å². The number of nitrogens with two attached hydrogens (primary N) is 1. The second kappa shape index (κ2) is 7.31. The smallest absolute Gasteiger partial charge is 0.230 e.